The van der Waals surface area contributed by atoms with Gasteiger partial charge in [-0.1, -0.05) is 76.5 Å². The molecule has 0 aliphatic heterocycles. The number of rotatable bonds is 4. The molecule has 0 spiro atoms. The molecule has 4 aliphatic carbocycles. The van der Waals surface area contributed by atoms with Crippen molar-refractivity contribution < 1.29 is 5.11 Å². The van der Waals surface area contributed by atoms with E-state index in [1.807, 2.05) is 0 Å². The number of aliphatic hydroxyl groups is 1. The summed E-state index contributed by atoms with van der Waals surface area (Å²) in [6.45, 7) is 12.2. The molecule has 8 atom stereocenters. The first kappa shape index (κ1) is 20.5. The van der Waals surface area contributed by atoms with Gasteiger partial charge in [0, 0.05) is 0 Å². The molecule has 1 heteroatoms. The van der Waals surface area contributed by atoms with Crippen LogP contribution < -0.4 is 0 Å². The van der Waals surface area contributed by atoms with Gasteiger partial charge in [0.05, 0.1) is 6.10 Å². The third-order valence-electron chi connectivity index (χ3n) is 9.64. The van der Waals surface area contributed by atoms with Gasteiger partial charge in [-0.15, -0.1) is 0 Å². The minimum Gasteiger partial charge on any atom is -0.393 e. The van der Waals surface area contributed by atoms with Crippen LogP contribution in [0, 0.1) is 40.4 Å². The van der Waals surface area contributed by atoms with Crippen molar-refractivity contribution in [3.05, 3.63) is 35.5 Å². The summed E-state index contributed by atoms with van der Waals surface area (Å²) in [5, 5.41) is 10.2. The van der Waals surface area contributed by atoms with E-state index in [4.69, 9.17) is 0 Å². The standard InChI is InChI=1S/C27H42O/c1-6-18(2)7-8-19(3)23-11-12-24-22-10-9-20-17-21(28)13-15-26(20,4)25(22)14-16-27(23,24)5/h7-10,18-19,21,23-25,28H,6,11-17H2,1-5H3/b8-7+/t18?,19-,21+,23-,24+,25+,26+,27-/m1/s1. The molecule has 0 saturated heterocycles. The van der Waals surface area contributed by atoms with Crippen molar-refractivity contribution in [1.82, 2.24) is 0 Å². The molecule has 0 heterocycles. The quantitative estimate of drug-likeness (QED) is 0.515. The van der Waals surface area contributed by atoms with Gasteiger partial charge in [0.1, 0.15) is 0 Å². The topological polar surface area (TPSA) is 20.2 Å². The Morgan fingerprint density at radius 1 is 1.04 bits per heavy atom. The highest BCUT2D eigenvalue weighted by Crippen LogP contribution is 2.65. The van der Waals surface area contributed by atoms with E-state index in [0.717, 1.165) is 30.6 Å². The second kappa shape index (κ2) is 7.46. The van der Waals surface area contributed by atoms with Crippen LogP contribution in [0.25, 0.3) is 0 Å². The highest BCUT2D eigenvalue weighted by molar-refractivity contribution is 5.39. The van der Waals surface area contributed by atoms with Crippen LogP contribution in [0.15, 0.2) is 35.5 Å². The Kier molecular flexibility index (Phi) is 5.45. The maximum atomic E-state index is 10.2. The summed E-state index contributed by atoms with van der Waals surface area (Å²) in [6.07, 6.45) is 19.6. The highest BCUT2D eigenvalue weighted by Gasteiger charge is 2.56. The van der Waals surface area contributed by atoms with Crippen LogP contribution in [0.4, 0.5) is 0 Å². The van der Waals surface area contributed by atoms with Gasteiger partial charge in [0.2, 0.25) is 0 Å². The van der Waals surface area contributed by atoms with Crippen LogP contribution in [-0.2, 0) is 0 Å². The van der Waals surface area contributed by atoms with Gasteiger partial charge in [0.25, 0.3) is 0 Å². The lowest BCUT2D eigenvalue weighted by molar-refractivity contribution is 0.0382. The molecule has 0 aromatic rings. The predicted octanol–water partition coefficient (Wildman–Crippen LogP) is 7.08. The normalized spacial score (nSPS) is 44.9. The minimum absolute atomic E-state index is 0.114. The Balaban J connectivity index is 1.59. The summed E-state index contributed by atoms with van der Waals surface area (Å²) in [5.41, 5.74) is 4.09. The van der Waals surface area contributed by atoms with Crippen LogP contribution >= 0.6 is 0 Å². The van der Waals surface area contributed by atoms with Crippen molar-refractivity contribution in [3.63, 3.8) is 0 Å². The predicted molar refractivity (Wildman–Crippen MR) is 119 cm³/mol. The molecule has 1 nitrogen and oxygen atoms in total. The summed E-state index contributed by atoms with van der Waals surface area (Å²) in [5.74, 6) is 3.72. The Hall–Kier alpha value is -0.820. The fourth-order valence-electron chi connectivity index (χ4n) is 7.52. The SMILES string of the molecule is CCC(C)/C=C/[C@@H](C)[C@H]1CC[C@H]2C3=CC=C4C[C@@H](O)CC[C@]4(C)[C@H]3CC[C@]12C. The Labute approximate surface area is 173 Å². The maximum absolute atomic E-state index is 10.2. The zero-order valence-electron chi connectivity index (χ0n) is 18.9. The van der Waals surface area contributed by atoms with Crippen molar-refractivity contribution in [2.75, 3.05) is 0 Å². The monoisotopic (exact) mass is 382 g/mol. The summed E-state index contributed by atoms with van der Waals surface area (Å²) in [6, 6.07) is 0. The summed E-state index contributed by atoms with van der Waals surface area (Å²) >= 11 is 0. The molecule has 3 saturated carbocycles. The van der Waals surface area contributed by atoms with E-state index in [1.54, 1.807) is 5.57 Å². The lowest BCUT2D eigenvalue weighted by Gasteiger charge is -2.55. The van der Waals surface area contributed by atoms with E-state index in [0.29, 0.717) is 22.7 Å². The van der Waals surface area contributed by atoms with Crippen molar-refractivity contribution >= 4 is 0 Å². The van der Waals surface area contributed by atoms with E-state index in [2.05, 4.69) is 58.9 Å². The number of hydrogen-bond acceptors (Lipinski definition) is 1. The van der Waals surface area contributed by atoms with E-state index < -0.39 is 0 Å². The lowest BCUT2D eigenvalue weighted by atomic mass is 9.50. The van der Waals surface area contributed by atoms with E-state index in [-0.39, 0.29) is 6.10 Å². The second-order valence-corrected chi connectivity index (χ2v) is 11.1. The lowest BCUT2D eigenvalue weighted by Crippen LogP contribution is -2.46. The van der Waals surface area contributed by atoms with Gasteiger partial charge in [-0.2, -0.15) is 0 Å². The molecule has 0 aromatic heterocycles. The smallest absolute Gasteiger partial charge is 0.0578 e. The molecule has 3 fully saturated rings. The average Bonchev–Trinajstić information content (AvgIpc) is 3.03. The van der Waals surface area contributed by atoms with Crippen molar-refractivity contribution in [3.8, 4) is 0 Å². The average molecular weight is 383 g/mol. The van der Waals surface area contributed by atoms with Crippen molar-refractivity contribution in [1.29, 1.82) is 0 Å². The van der Waals surface area contributed by atoms with Gasteiger partial charge in [-0.25, -0.2) is 0 Å². The minimum atomic E-state index is -0.114. The third kappa shape index (κ3) is 3.17. The zero-order valence-corrected chi connectivity index (χ0v) is 18.9. The third-order valence-corrected chi connectivity index (χ3v) is 9.64. The number of hydrogen-bond donors (Lipinski definition) is 1. The van der Waals surface area contributed by atoms with E-state index in [9.17, 15) is 5.11 Å². The molecule has 0 aromatic carbocycles. The molecule has 28 heavy (non-hydrogen) atoms. The zero-order chi connectivity index (χ0) is 20.1. The number of fused-ring (bicyclic) bond motifs is 5. The molecule has 4 aliphatic rings. The summed E-state index contributed by atoms with van der Waals surface area (Å²) in [7, 11) is 0. The maximum Gasteiger partial charge on any atom is 0.0578 e. The molecule has 0 radical (unpaired) electrons. The second-order valence-electron chi connectivity index (χ2n) is 11.1. The molecular formula is C27H42O. The van der Waals surface area contributed by atoms with Gasteiger partial charge in [-0.3, -0.25) is 0 Å². The van der Waals surface area contributed by atoms with Crippen LogP contribution in [0.1, 0.15) is 86.0 Å². The van der Waals surface area contributed by atoms with Gasteiger partial charge in [-0.05, 0) is 85.4 Å². The largest absolute Gasteiger partial charge is 0.393 e. The van der Waals surface area contributed by atoms with Gasteiger partial charge < -0.3 is 5.11 Å². The Morgan fingerprint density at radius 3 is 2.57 bits per heavy atom. The highest BCUT2D eigenvalue weighted by atomic mass is 16.3. The molecule has 156 valence electrons. The Bertz CT molecular complexity index is 684. The van der Waals surface area contributed by atoms with Crippen molar-refractivity contribution in [2.24, 2.45) is 40.4 Å². The van der Waals surface area contributed by atoms with Crippen molar-refractivity contribution in [2.45, 2.75) is 92.1 Å². The first-order valence-corrected chi connectivity index (χ1v) is 12.1. The first-order chi connectivity index (χ1) is 13.3. The molecule has 0 bridgehead atoms. The summed E-state index contributed by atoms with van der Waals surface area (Å²) < 4.78 is 0. The fourth-order valence-corrected chi connectivity index (χ4v) is 7.52. The van der Waals surface area contributed by atoms with Gasteiger partial charge >= 0.3 is 0 Å². The van der Waals surface area contributed by atoms with Crippen LogP contribution in [-0.4, -0.2) is 11.2 Å². The summed E-state index contributed by atoms with van der Waals surface area (Å²) in [4.78, 5) is 0. The van der Waals surface area contributed by atoms with E-state index in [1.165, 1.54) is 44.1 Å². The van der Waals surface area contributed by atoms with Crippen LogP contribution in [0.5, 0.6) is 0 Å². The van der Waals surface area contributed by atoms with Crippen LogP contribution in [0.3, 0.4) is 0 Å². The Morgan fingerprint density at radius 2 is 1.82 bits per heavy atom. The molecule has 1 N–H and O–H groups in total. The fraction of sp³-hybridized carbons (Fsp3) is 0.778. The molecule has 1 unspecified atom stereocenters. The number of allylic oxidation sites excluding steroid dienone is 5. The molecule has 4 rings (SSSR count). The molecular weight excluding hydrogens is 340 g/mol. The number of aliphatic hydroxyl groups excluding tert-OH is 1. The first-order valence-electron chi connectivity index (χ1n) is 12.1. The van der Waals surface area contributed by atoms with Gasteiger partial charge in [0.15, 0.2) is 0 Å². The molecule has 0 amide bonds. The van der Waals surface area contributed by atoms with Crippen LogP contribution in [0.2, 0.25) is 0 Å². The van der Waals surface area contributed by atoms with E-state index >= 15 is 0 Å².